The molecule has 98 valence electrons. The predicted octanol–water partition coefficient (Wildman–Crippen LogP) is 1.92. The number of carbonyl (C=O) groups is 2. The molecule has 1 atom stereocenters. The van der Waals surface area contributed by atoms with Gasteiger partial charge in [-0.05, 0) is 30.9 Å². The maximum absolute atomic E-state index is 12.1. The molecule has 1 N–H and O–H groups in total. The Hall–Kier alpha value is -2.10. The Morgan fingerprint density at radius 3 is 2.84 bits per heavy atom. The number of hydrogen-bond donors (Lipinski definition) is 1. The summed E-state index contributed by atoms with van der Waals surface area (Å²) in [6.45, 7) is 1.97. The van der Waals surface area contributed by atoms with E-state index < -0.39 is 11.9 Å². The van der Waals surface area contributed by atoms with E-state index in [0.717, 1.165) is 24.0 Å². The summed E-state index contributed by atoms with van der Waals surface area (Å²) in [6.07, 6.45) is 1.74. The number of aliphatic hydroxyl groups is 1. The fourth-order valence-corrected chi connectivity index (χ4v) is 3.04. The van der Waals surface area contributed by atoms with Crippen LogP contribution in [-0.2, 0) is 16.0 Å². The number of benzene rings is 1. The van der Waals surface area contributed by atoms with Gasteiger partial charge in [0.2, 0.25) is 0 Å². The van der Waals surface area contributed by atoms with E-state index in [9.17, 15) is 14.7 Å². The minimum Gasteiger partial charge on any atom is -0.503 e. The molecule has 1 amide bonds. The molecule has 2 heterocycles. The number of fused-ring (bicyclic) bond motifs is 3. The van der Waals surface area contributed by atoms with Gasteiger partial charge >= 0.3 is 0 Å². The van der Waals surface area contributed by atoms with Crippen molar-refractivity contribution in [3.63, 3.8) is 0 Å². The van der Waals surface area contributed by atoms with Crippen molar-refractivity contribution >= 4 is 11.7 Å². The Balaban J connectivity index is 2.21. The molecule has 1 unspecified atom stereocenters. The average Bonchev–Trinajstić information content (AvgIpc) is 2.56. The molecular formula is C15H15NO3. The summed E-state index contributed by atoms with van der Waals surface area (Å²) in [5, 5.41) is 9.94. The molecule has 0 bridgehead atoms. The molecule has 0 radical (unpaired) electrons. The first-order valence-electron chi connectivity index (χ1n) is 6.44. The lowest BCUT2D eigenvalue weighted by molar-refractivity contribution is -0.129. The molecule has 0 saturated carbocycles. The van der Waals surface area contributed by atoms with Gasteiger partial charge in [-0.25, -0.2) is 0 Å². The highest BCUT2D eigenvalue weighted by atomic mass is 16.3. The first kappa shape index (κ1) is 12.0. The number of carbonyl (C=O) groups excluding carboxylic acids is 2. The van der Waals surface area contributed by atoms with E-state index in [1.165, 1.54) is 6.92 Å². The van der Waals surface area contributed by atoms with Crippen LogP contribution in [-0.4, -0.2) is 28.2 Å². The van der Waals surface area contributed by atoms with Crippen LogP contribution >= 0.6 is 0 Å². The Morgan fingerprint density at radius 2 is 2.11 bits per heavy atom. The van der Waals surface area contributed by atoms with Crippen molar-refractivity contribution in [3.05, 3.63) is 46.7 Å². The van der Waals surface area contributed by atoms with Crippen molar-refractivity contribution < 1.29 is 14.7 Å². The summed E-state index contributed by atoms with van der Waals surface area (Å²) >= 11 is 0. The summed E-state index contributed by atoms with van der Waals surface area (Å²) in [4.78, 5) is 25.5. The van der Waals surface area contributed by atoms with Crippen LogP contribution in [0.25, 0.3) is 0 Å². The lowest BCUT2D eigenvalue weighted by Crippen LogP contribution is -2.30. The van der Waals surface area contributed by atoms with Gasteiger partial charge < -0.3 is 10.0 Å². The normalized spacial score (nSPS) is 22.1. The van der Waals surface area contributed by atoms with Crippen LogP contribution < -0.4 is 0 Å². The lowest BCUT2D eigenvalue weighted by Gasteiger charge is -2.24. The number of aryl methyl sites for hydroxylation is 1. The zero-order valence-corrected chi connectivity index (χ0v) is 10.7. The Bertz CT molecular complexity index is 603. The molecule has 0 aromatic heterocycles. The summed E-state index contributed by atoms with van der Waals surface area (Å²) in [5.41, 5.74) is 2.35. The third-order valence-corrected chi connectivity index (χ3v) is 3.88. The Kier molecular flexibility index (Phi) is 2.66. The smallest absolute Gasteiger partial charge is 0.290 e. The fraction of sp³-hybridized carbons (Fsp3) is 0.333. The summed E-state index contributed by atoms with van der Waals surface area (Å²) in [5.74, 6) is -1.05. The molecule has 4 nitrogen and oxygen atoms in total. The van der Waals surface area contributed by atoms with Gasteiger partial charge in [-0.3, -0.25) is 9.59 Å². The predicted molar refractivity (Wildman–Crippen MR) is 69.6 cm³/mol. The third kappa shape index (κ3) is 1.67. The second kappa shape index (κ2) is 4.23. The van der Waals surface area contributed by atoms with Gasteiger partial charge in [0, 0.05) is 6.54 Å². The van der Waals surface area contributed by atoms with Gasteiger partial charge in [0.25, 0.3) is 5.91 Å². The topological polar surface area (TPSA) is 57.6 Å². The maximum atomic E-state index is 12.1. The van der Waals surface area contributed by atoms with Gasteiger partial charge in [0.05, 0.1) is 11.6 Å². The van der Waals surface area contributed by atoms with Crippen molar-refractivity contribution in [2.24, 2.45) is 0 Å². The van der Waals surface area contributed by atoms with Crippen LogP contribution in [0.15, 0.2) is 35.6 Å². The number of amides is 1. The first-order valence-corrected chi connectivity index (χ1v) is 6.44. The molecular weight excluding hydrogens is 242 g/mol. The lowest BCUT2D eigenvalue weighted by atomic mass is 9.93. The highest BCUT2D eigenvalue weighted by Gasteiger charge is 2.43. The van der Waals surface area contributed by atoms with Crippen LogP contribution in [0, 0.1) is 0 Å². The number of nitrogens with zero attached hydrogens (tertiary/aromatic N) is 1. The second-order valence-corrected chi connectivity index (χ2v) is 5.02. The van der Waals surface area contributed by atoms with Crippen molar-refractivity contribution in [2.45, 2.75) is 25.8 Å². The summed E-state index contributed by atoms with van der Waals surface area (Å²) in [6, 6.07) is 7.41. The molecule has 3 rings (SSSR count). The SMILES string of the molecule is CC(=O)C1=C(O)C(=O)N2CCCc3ccccc3C12. The van der Waals surface area contributed by atoms with E-state index in [-0.39, 0.29) is 17.1 Å². The first-order chi connectivity index (χ1) is 9.11. The van der Waals surface area contributed by atoms with Crippen LogP contribution in [0.3, 0.4) is 0 Å². The van der Waals surface area contributed by atoms with Crippen LogP contribution in [0.1, 0.15) is 30.5 Å². The number of Topliss-reactive ketones (excluding diaryl/α,β-unsaturated/α-hetero) is 1. The second-order valence-electron chi connectivity index (χ2n) is 5.02. The zero-order valence-electron chi connectivity index (χ0n) is 10.7. The quantitative estimate of drug-likeness (QED) is 0.836. The van der Waals surface area contributed by atoms with Gasteiger partial charge in [0.15, 0.2) is 11.5 Å². The van der Waals surface area contributed by atoms with E-state index in [1.807, 2.05) is 24.3 Å². The average molecular weight is 257 g/mol. The summed E-state index contributed by atoms with van der Waals surface area (Å²) in [7, 11) is 0. The zero-order chi connectivity index (χ0) is 13.6. The molecule has 4 heteroatoms. The minimum atomic E-state index is -0.424. The molecule has 1 aromatic carbocycles. The monoisotopic (exact) mass is 257 g/mol. The van der Waals surface area contributed by atoms with E-state index >= 15 is 0 Å². The van der Waals surface area contributed by atoms with Gasteiger partial charge in [-0.15, -0.1) is 0 Å². The van der Waals surface area contributed by atoms with E-state index in [2.05, 4.69) is 0 Å². The molecule has 2 aliphatic heterocycles. The number of aliphatic hydroxyl groups excluding tert-OH is 1. The highest BCUT2D eigenvalue weighted by Crippen LogP contribution is 2.40. The Morgan fingerprint density at radius 1 is 1.37 bits per heavy atom. The van der Waals surface area contributed by atoms with Crippen LogP contribution in [0.2, 0.25) is 0 Å². The van der Waals surface area contributed by atoms with Gasteiger partial charge in [0.1, 0.15) is 0 Å². The van der Waals surface area contributed by atoms with E-state index in [1.54, 1.807) is 4.90 Å². The molecule has 1 aromatic rings. The molecule has 0 fully saturated rings. The van der Waals surface area contributed by atoms with Crippen LogP contribution in [0.4, 0.5) is 0 Å². The highest BCUT2D eigenvalue weighted by molar-refractivity contribution is 6.08. The summed E-state index contributed by atoms with van der Waals surface area (Å²) < 4.78 is 0. The van der Waals surface area contributed by atoms with Crippen molar-refractivity contribution in [3.8, 4) is 0 Å². The fourth-order valence-electron chi connectivity index (χ4n) is 3.04. The number of rotatable bonds is 1. The molecule has 0 saturated heterocycles. The van der Waals surface area contributed by atoms with Crippen LogP contribution in [0.5, 0.6) is 0 Å². The molecule has 2 aliphatic rings. The van der Waals surface area contributed by atoms with Crippen molar-refractivity contribution in [1.82, 2.24) is 4.90 Å². The van der Waals surface area contributed by atoms with Crippen molar-refractivity contribution in [2.75, 3.05) is 6.54 Å². The largest absolute Gasteiger partial charge is 0.503 e. The van der Waals surface area contributed by atoms with Crippen molar-refractivity contribution in [1.29, 1.82) is 0 Å². The Labute approximate surface area is 111 Å². The number of hydrogen-bond acceptors (Lipinski definition) is 3. The minimum absolute atomic E-state index is 0.236. The number of ketones is 1. The molecule has 0 aliphatic carbocycles. The molecule has 19 heavy (non-hydrogen) atoms. The maximum Gasteiger partial charge on any atom is 0.290 e. The third-order valence-electron chi connectivity index (χ3n) is 3.88. The molecule has 0 spiro atoms. The standard InChI is InChI=1S/C15H15NO3/c1-9(17)12-13-11-7-3-2-5-10(11)6-4-8-16(13)15(19)14(12)18/h2-3,5,7,13,18H,4,6,8H2,1H3. The van der Waals surface area contributed by atoms with Gasteiger partial charge in [-0.1, -0.05) is 24.3 Å². The van der Waals surface area contributed by atoms with E-state index in [4.69, 9.17) is 0 Å². The van der Waals surface area contributed by atoms with Gasteiger partial charge in [-0.2, -0.15) is 0 Å². The van der Waals surface area contributed by atoms with E-state index in [0.29, 0.717) is 6.54 Å².